The van der Waals surface area contributed by atoms with Gasteiger partial charge in [0.2, 0.25) is 0 Å². The number of rotatable bonds is 3. The molecule has 1 atom stereocenters. The molecule has 1 saturated carbocycles. The molecule has 1 heterocycles. The monoisotopic (exact) mass is 227 g/mol. The van der Waals surface area contributed by atoms with Gasteiger partial charge >= 0.3 is 0 Å². The van der Waals surface area contributed by atoms with Crippen molar-refractivity contribution in [1.29, 1.82) is 0 Å². The summed E-state index contributed by atoms with van der Waals surface area (Å²) in [4.78, 5) is 0. The Hall–Kier alpha value is -1.54. The summed E-state index contributed by atoms with van der Waals surface area (Å²) in [5, 5.41) is 12.7. The molecule has 0 aromatic heterocycles. The van der Waals surface area contributed by atoms with Gasteiger partial charge in [0.15, 0.2) is 0 Å². The van der Waals surface area contributed by atoms with E-state index in [0.29, 0.717) is 0 Å². The number of hydrogen-bond donors (Lipinski definition) is 2. The van der Waals surface area contributed by atoms with E-state index in [1.54, 1.807) is 0 Å². The lowest BCUT2D eigenvalue weighted by Crippen LogP contribution is -2.24. The Morgan fingerprint density at radius 3 is 2.53 bits per heavy atom. The lowest BCUT2D eigenvalue weighted by Gasteiger charge is -2.16. The summed E-state index contributed by atoms with van der Waals surface area (Å²) in [6, 6.07) is 10.6. The molecule has 2 N–H and O–H groups in total. The van der Waals surface area contributed by atoms with Gasteiger partial charge in [-0.1, -0.05) is 43.0 Å². The highest BCUT2D eigenvalue weighted by molar-refractivity contribution is 5.46. The number of aliphatic hydroxyl groups is 1. The van der Waals surface area contributed by atoms with Crippen LogP contribution in [-0.4, -0.2) is 17.7 Å². The fourth-order valence-electron chi connectivity index (χ4n) is 2.76. The Morgan fingerprint density at radius 2 is 2.00 bits per heavy atom. The van der Waals surface area contributed by atoms with Crippen LogP contribution in [0.1, 0.15) is 18.4 Å². The van der Waals surface area contributed by atoms with E-state index in [0.717, 1.165) is 6.54 Å². The minimum Gasteiger partial charge on any atom is -0.511 e. The highest BCUT2D eigenvalue weighted by Gasteiger charge is 2.48. The van der Waals surface area contributed by atoms with E-state index in [1.807, 2.05) is 0 Å². The summed E-state index contributed by atoms with van der Waals surface area (Å²) in [6.07, 6.45) is 4.58. The van der Waals surface area contributed by atoms with E-state index in [-0.39, 0.29) is 17.2 Å². The minimum absolute atomic E-state index is 0.0637. The molecular weight excluding hydrogens is 210 g/mol. The van der Waals surface area contributed by atoms with Gasteiger partial charge in [0.25, 0.3) is 0 Å². The fraction of sp³-hybridized carbons (Fsp3) is 0.333. The number of benzene rings is 1. The maximum atomic E-state index is 9.43. The summed E-state index contributed by atoms with van der Waals surface area (Å²) >= 11 is 0. The molecule has 0 spiro atoms. The Bertz CT molecular complexity index is 471. The molecule has 1 aromatic rings. The first kappa shape index (κ1) is 10.6. The lowest BCUT2D eigenvalue weighted by molar-refractivity contribution is 0.373. The van der Waals surface area contributed by atoms with Crippen LogP contribution in [0, 0.1) is 0 Å². The Morgan fingerprint density at radius 1 is 1.29 bits per heavy atom. The summed E-state index contributed by atoms with van der Waals surface area (Å²) in [5.41, 5.74) is 3.04. The van der Waals surface area contributed by atoms with E-state index in [1.165, 1.54) is 24.0 Å². The molecule has 0 bridgehead atoms. The van der Waals surface area contributed by atoms with Crippen LogP contribution >= 0.6 is 0 Å². The third-order valence-corrected chi connectivity index (χ3v) is 3.93. The third-order valence-electron chi connectivity index (χ3n) is 3.93. The zero-order chi connectivity index (χ0) is 11.9. The highest BCUT2D eigenvalue weighted by Crippen LogP contribution is 2.54. The molecule has 1 aromatic carbocycles. The van der Waals surface area contributed by atoms with Crippen LogP contribution in [0.25, 0.3) is 0 Å². The quantitative estimate of drug-likeness (QED) is 0.614. The average Bonchev–Trinajstić information content (AvgIpc) is 3.00. The minimum atomic E-state index is -0.0637. The third kappa shape index (κ3) is 1.69. The molecule has 2 nitrogen and oxygen atoms in total. The van der Waals surface area contributed by atoms with Crippen LogP contribution in [0.5, 0.6) is 0 Å². The van der Waals surface area contributed by atoms with E-state index in [9.17, 15) is 5.11 Å². The number of aliphatic hydroxyl groups excluding tert-OH is 1. The first-order valence-electron chi connectivity index (χ1n) is 6.10. The van der Waals surface area contributed by atoms with Gasteiger partial charge < -0.3 is 10.4 Å². The van der Waals surface area contributed by atoms with Crippen LogP contribution < -0.4 is 5.32 Å². The molecule has 1 aliphatic carbocycles. The Labute approximate surface area is 102 Å². The summed E-state index contributed by atoms with van der Waals surface area (Å²) in [6.45, 7) is 4.46. The maximum Gasteiger partial charge on any atom is 0.106 e. The zero-order valence-corrected chi connectivity index (χ0v) is 9.82. The van der Waals surface area contributed by atoms with Crippen molar-refractivity contribution in [2.24, 2.45) is 0 Å². The first-order valence-corrected chi connectivity index (χ1v) is 6.10. The second kappa shape index (κ2) is 3.74. The molecule has 88 valence electrons. The zero-order valence-electron chi connectivity index (χ0n) is 9.82. The van der Waals surface area contributed by atoms with Gasteiger partial charge in [0.1, 0.15) is 5.76 Å². The standard InChI is InChI=1S/C15H17NO/c1-11(17)14-9-13(10-16-14)15(7-8-15)12-5-3-2-4-6-12/h2-6,9,14,16-17H,1,7-8,10H2/t14-/m1/s1. The molecule has 1 aliphatic heterocycles. The van der Waals surface area contributed by atoms with Crippen LogP contribution in [-0.2, 0) is 5.41 Å². The van der Waals surface area contributed by atoms with Crippen molar-refractivity contribution in [3.63, 3.8) is 0 Å². The van der Waals surface area contributed by atoms with Gasteiger partial charge in [0, 0.05) is 12.0 Å². The predicted molar refractivity (Wildman–Crippen MR) is 69.0 cm³/mol. The second-order valence-corrected chi connectivity index (χ2v) is 4.99. The van der Waals surface area contributed by atoms with Gasteiger partial charge in [-0.05, 0) is 24.0 Å². The average molecular weight is 227 g/mol. The van der Waals surface area contributed by atoms with Crippen molar-refractivity contribution < 1.29 is 5.11 Å². The Balaban J connectivity index is 1.91. The van der Waals surface area contributed by atoms with Crippen molar-refractivity contribution in [1.82, 2.24) is 5.32 Å². The normalized spacial score (nSPS) is 25.4. The largest absolute Gasteiger partial charge is 0.511 e. The van der Waals surface area contributed by atoms with Crippen LogP contribution in [0.15, 0.2) is 54.3 Å². The molecule has 3 rings (SSSR count). The fourth-order valence-corrected chi connectivity index (χ4v) is 2.76. The van der Waals surface area contributed by atoms with Crippen LogP contribution in [0.4, 0.5) is 0 Å². The van der Waals surface area contributed by atoms with Gasteiger partial charge in [-0.25, -0.2) is 0 Å². The number of hydrogen-bond acceptors (Lipinski definition) is 2. The molecule has 0 saturated heterocycles. The second-order valence-electron chi connectivity index (χ2n) is 4.99. The van der Waals surface area contributed by atoms with Crippen LogP contribution in [0.3, 0.4) is 0 Å². The molecule has 0 unspecified atom stereocenters. The maximum absolute atomic E-state index is 9.43. The van der Waals surface area contributed by atoms with E-state index in [2.05, 4.69) is 48.3 Å². The van der Waals surface area contributed by atoms with Gasteiger partial charge in [-0.2, -0.15) is 0 Å². The lowest BCUT2D eigenvalue weighted by atomic mass is 9.88. The molecular formula is C15H17NO. The summed E-state index contributed by atoms with van der Waals surface area (Å²) in [7, 11) is 0. The van der Waals surface area contributed by atoms with Crippen molar-refractivity contribution in [2.45, 2.75) is 24.3 Å². The van der Waals surface area contributed by atoms with E-state index >= 15 is 0 Å². The van der Waals surface area contributed by atoms with E-state index in [4.69, 9.17) is 0 Å². The van der Waals surface area contributed by atoms with Crippen LogP contribution in [0.2, 0.25) is 0 Å². The highest BCUT2D eigenvalue weighted by atomic mass is 16.3. The van der Waals surface area contributed by atoms with Gasteiger partial charge in [-0.3, -0.25) is 0 Å². The van der Waals surface area contributed by atoms with Gasteiger partial charge in [-0.15, -0.1) is 0 Å². The molecule has 0 amide bonds. The van der Waals surface area contributed by atoms with Crippen molar-refractivity contribution >= 4 is 0 Å². The van der Waals surface area contributed by atoms with Crippen molar-refractivity contribution in [3.05, 3.63) is 59.9 Å². The SMILES string of the molecule is C=C(O)[C@H]1C=C(C2(c3ccccc3)CC2)CN1. The summed E-state index contributed by atoms with van der Waals surface area (Å²) < 4.78 is 0. The van der Waals surface area contributed by atoms with Crippen molar-refractivity contribution in [2.75, 3.05) is 6.54 Å². The Kier molecular flexibility index (Phi) is 2.33. The molecule has 17 heavy (non-hydrogen) atoms. The molecule has 2 aliphatic rings. The van der Waals surface area contributed by atoms with E-state index < -0.39 is 0 Å². The van der Waals surface area contributed by atoms with Crippen molar-refractivity contribution in [3.8, 4) is 0 Å². The smallest absolute Gasteiger partial charge is 0.106 e. The summed E-state index contributed by atoms with van der Waals surface area (Å²) in [5.74, 6) is 0.212. The molecule has 0 radical (unpaired) electrons. The topological polar surface area (TPSA) is 32.3 Å². The molecule has 2 heteroatoms. The first-order chi connectivity index (χ1) is 8.22. The molecule has 1 fully saturated rings. The van der Waals surface area contributed by atoms with Gasteiger partial charge in [0.05, 0.1) is 6.04 Å². The number of nitrogens with one attached hydrogen (secondary N) is 1. The predicted octanol–water partition coefficient (Wildman–Crippen LogP) is 2.69.